The van der Waals surface area contributed by atoms with Gasteiger partial charge in [-0.15, -0.1) is 11.8 Å². The Bertz CT molecular complexity index is 795. The van der Waals surface area contributed by atoms with Gasteiger partial charge < -0.3 is 19.3 Å². The predicted octanol–water partition coefficient (Wildman–Crippen LogP) is 3.49. The lowest BCUT2D eigenvalue weighted by Gasteiger charge is -2.28. The number of hydrogen-bond donors (Lipinski definition) is 0. The summed E-state index contributed by atoms with van der Waals surface area (Å²) in [6, 6.07) is 4.02. The molecule has 1 heterocycles. The molecule has 160 valence electrons. The standard InChI is InChI=1S/C22H32N2O4S/c1-15(25)28-20-17(13-23(5)6)10-16(11-18(20)22(2,3)4)12-19-21(26)24(14-27-7)8-9-29-19/h10-12H,8-9,13-14H2,1-7H3/b19-12+. The third-order valence-corrected chi connectivity index (χ3v) is 5.42. The van der Waals surface area contributed by atoms with Crippen molar-refractivity contribution >= 4 is 29.7 Å². The van der Waals surface area contributed by atoms with E-state index in [1.807, 2.05) is 37.2 Å². The van der Waals surface area contributed by atoms with Gasteiger partial charge in [-0.25, -0.2) is 0 Å². The van der Waals surface area contributed by atoms with Crippen LogP contribution < -0.4 is 4.74 Å². The van der Waals surface area contributed by atoms with E-state index in [0.717, 1.165) is 22.4 Å². The molecular formula is C22H32N2O4S. The molecule has 1 aromatic carbocycles. The molecule has 2 rings (SSSR count). The van der Waals surface area contributed by atoms with Crippen molar-refractivity contribution < 1.29 is 19.1 Å². The third-order valence-electron chi connectivity index (χ3n) is 4.43. The van der Waals surface area contributed by atoms with Crippen LogP contribution in [0.3, 0.4) is 0 Å². The number of rotatable bonds is 6. The van der Waals surface area contributed by atoms with Gasteiger partial charge in [-0.1, -0.05) is 20.8 Å². The van der Waals surface area contributed by atoms with E-state index in [9.17, 15) is 9.59 Å². The SMILES string of the molecule is COCN1CCS/C(=C/c2cc(CN(C)C)c(OC(C)=O)c(C(C)(C)C)c2)C1=O. The zero-order chi connectivity index (χ0) is 21.8. The normalized spacial score (nSPS) is 16.6. The molecule has 1 aromatic rings. The molecule has 0 saturated carbocycles. The number of nitrogens with zero attached hydrogens (tertiary/aromatic N) is 2. The van der Waals surface area contributed by atoms with E-state index in [2.05, 4.69) is 20.8 Å². The van der Waals surface area contributed by atoms with Gasteiger partial charge in [0.2, 0.25) is 0 Å². The highest BCUT2D eigenvalue weighted by Crippen LogP contribution is 2.37. The molecule has 0 spiro atoms. The van der Waals surface area contributed by atoms with Gasteiger partial charge in [0, 0.05) is 44.0 Å². The van der Waals surface area contributed by atoms with Crippen LogP contribution in [-0.2, 0) is 26.3 Å². The molecule has 0 aliphatic carbocycles. The summed E-state index contributed by atoms with van der Waals surface area (Å²) in [5.74, 6) is 1.10. The van der Waals surface area contributed by atoms with Crippen molar-refractivity contribution in [2.45, 2.75) is 39.7 Å². The first kappa shape index (κ1) is 23.4. The summed E-state index contributed by atoms with van der Waals surface area (Å²) < 4.78 is 10.8. The van der Waals surface area contributed by atoms with E-state index in [-0.39, 0.29) is 17.3 Å². The van der Waals surface area contributed by atoms with Crippen LogP contribution >= 0.6 is 11.8 Å². The number of esters is 1. The van der Waals surface area contributed by atoms with Crippen LogP contribution in [0.5, 0.6) is 5.75 Å². The second-order valence-electron chi connectivity index (χ2n) is 8.48. The summed E-state index contributed by atoms with van der Waals surface area (Å²) in [5.41, 5.74) is 2.57. The molecule has 1 fully saturated rings. The first-order chi connectivity index (χ1) is 13.5. The van der Waals surface area contributed by atoms with E-state index in [0.29, 0.717) is 30.5 Å². The largest absolute Gasteiger partial charge is 0.426 e. The maximum atomic E-state index is 12.8. The molecule has 0 N–H and O–H groups in total. The molecule has 0 radical (unpaired) electrons. The van der Waals surface area contributed by atoms with E-state index in [1.165, 1.54) is 6.92 Å². The van der Waals surface area contributed by atoms with Gasteiger partial charge >= 0.3 is 5.97 Å². The van der Waals surface area contributed by atoms with E-state index < -0.39 is 0 Å². The van der Waals surface area contributed by atoms with Crippen LogP contribution in [0.25, 0.3) is 6.08 Å². The van der Waals surface area contributed by atoms with Crippen molar-refractivity contribution in [2.75, 3.05) is 40.2 Å². The Labute approximate surface area is 178 Å². The monoisotopic (exact) mass is 420 g/mol. The predicted molar refractivity (Wildman–Crippen MR) is 118 cm³/mol. The Morgan fingerprint density at radius 1 is 1.31 bits per heavy atom. The molecule has 0 aromatic heterocycles. The number of amides is 1. The first-order valence-corrected chi connectivity index (χ1v) is 10.6. The van der Waals surface area contributed by atoms with Gasteiger partial charge in [-0.3, -0.25) is 9.59 Å². The summed E-state index contributed by atoms with van der Waals surface area (Å²) in [7, 11) is 5.54. The average Bonchev–Trinajstić information content (AvgIpc) is 2.58. The van der Waals surface area contributed by atoms with Crippen molar-refractivity contribution in [1.82, 2.24) is 9.80 Å². The van der Waals surface area contributed by atoms with Crippen molar-refractivity contribution in [2.24, 2.45) is 0 Å². The van der Waals surface area contributed by atoms with E-state index in [4.69, 9.17) is 9.47 Å². The van der Waals surface area contributed by atoms with Crippen molar-refractivity contribution in [3.63, 3.8) is 0 Å². The zero-order valence-electron chi connectivity index (χ0n) is 18.5. The minimum Gasteiger partial charge on any atom is -0.426 e. The minimum absolute atomic E-state index is 0.0152. The highest BCUT2D eigenvalue weighted by Gasteiger charge is 2.26. The fourth-order valence-corrected chi connectivity index (χ4v) is 4.20. The molecule has 0 atom stereocenters. The smallest absolute Gasteiger partial charge is 0.308 e. The lowest BCUT2D eigenvalue weighted by molar-refractivity contribution is -0.132. The number of benzene rings is 1. The highest BCUT2D eigenvalue weighted by atomic mass is 32.2. The lowest BCUT2D eigenvalue weighted by atomic mass is 9.83. The molecular weight excluding hydrogens is 388 g/mol. The molecule has 1 saturated heterocycles. The van der Waals surface area contributed by atoms with Gasteiger partial charge in [-0.05, 0) is 43.3 Å². The first-order valence-electron chi connectivity index (χ1n) is 9.66. The Morgan fingerprint density at radius 2 is 2.00 bits per heavy atom. The second kappa shape index (κ2) is 9.78. The van der Waals surface area contributed by atoms with Crippen LogP contribution in [0.15, 0.2) is 17.0 Å². The molecule has 0 bridgehead atoms. The van der Waals surface area contributed by atoms with Crippen LogP contribution in [0, 0.1) is 0 Å². The molecule has 6 nitrogen and oxygen atoms in total. The minimum atomic E-state index is -0.338. The molecule has 29 heavy (non-hydrogen) atoms. The summed E-state index contributed by atoms with van der Waals surface area (Å²) in [5, 5.41) is 0. The second-order valence-corrected chi connectivity index (χ2v) is 9.62. The number of thioether (sulfide) groups is 1. The van der Waals surface area contributed by atoms with Gasteiger partial charge in [-0.2, -0.15) is 0 Å². The summed E-state index contributed by atoms with van der Waals surface area (Å²) in [6.45, 7) is 9.29. The number of methoxy groups -OCH3 is 1. The molecule has 1 amide bonds. The maximum Gasteiger partial charge on any atom is 0.308 e. The molecule has 1 aliphatic heterocycles. The lowest BCUT2D eigenvalue weighted by Crippen LogP contribution is -2.38. The van der Waals surface area contributed by atoms with Crippen molar-refractivity contribution in [1.29, 1.82) is 0 Å². The molecule has 1 aliphatic rings. The Hall–Kier alpha value is -1.83. The number of carbonyl (C=O) groups excluding carboxylic acids is 2. The highest BCUT2D eigenvalue weighted by molar-refractivity contribution is 8.04. The van der Waals surface area contributed by atoms with Gasteiger partial charge in [0.05, 0.1) is 4.91 Å². The van der Waals surface area contributed by atoms with Crippen LogP contribution in [0.4, 0.5) is 0 Å². The number of hydrogen-bond acceptors (Lipinski definition) is 6. The number of ether oxygens (including phenoxy) is 2. The van der Waals surface area contributed by atoms with Crippen LogP contribution in [0.2, 0.25) is 0 Å². The topological polar surface area (TPSA) is 59.1 Å². The van der Waals surface area contributed by atoms with Crippen LogP contribution in [0.1, 0.15) is 44.4 Å². The summed E-state index contributed by atoms with van der Waals surface area (Å²) >= 11 is 1.56. The summed E-state index contributed by atoms with van der Waals surface area (Å²) in [6.07, 6.45) is 1.93. The van der Waals surface area contributed by atoms with Crippen LogP contribution in [-0.4, -0.2) is 61.9 Å². The Morgan fingerprint density at radius 3 is 2.55 bits per heavy atom. The molecule has 7 heteroatoms. The molecule has 0 unspecified atom stereocenters. The maximum absolute atomic E-state index is 12.8. The Balaban J connectivity index is 2.57. The van der Waals surface area contributed by atoms with Gasteiger partial charge in [0.25, 0.3) is 5.91 Å². The number of carbonyl (C=O) groups is 2. The van der Waals surface area contributed by atoms with Gasteiger partial charge in [0.1, 0.15) is 12.5 Å². The van der Waals surface area contributed by atoms with E-state index in [1.54, 1.807) is 23.8 Å². The van der Waals surface area contributed by atoms with E-state index >= 15 is 0 Å². The third kappa shape index (κ3) is 6.32. The van der Waals surface area contributed by atoms with Gasteiger partial charge in [0.15, 0.2) is 0 Å². The van der Waals surface area contributed by atoms with Crippen molar-refractivity contribution in [3.05, 3.63) is 33.7 Å². The zero-order valence-corrected chi connectivity index (χ0v) is 19.3. The average molecular weight is 421 g/mol. The fourth-order valence-electron chi connectivity index (χ4n) is 3.20. The quantitative estimate of drug-likeness (QED) is 0.399. The fraction of sp³-hybridized carbons (Fsp3) is 0.545. The van der Waals surface area contributed by atoms with Crippen molar-refractivity contribution in [3.8, 4) is 5.75 Å². The Kier molecular flexibility index (Phi) is 7.91. The summed E-state index contributed by atoms with van der Waals surface area (Å²) in [4.78, 5) is 29.0.